The molecule has 0 saturated carbocycles. The van der Waals surface area contributed by atoms with Crippen LogP contribution in [0.4, 0.5) is 11.6 Å². The fraction of sp³-hybridized carbons (Fsp3) is 0.227. The number of hydrogen-bond acceptors (Lipinski definition) is 6. The molecule has 28 heavy (non-hydrogen) atoms. The van der Waals surface area contributed by atoms with Crippen LogP contribution in [0.3, 0.4) is 0 Å². The Morgan fingerprint density at radius 3 is 2.54 bits per heavy atom. The van der Waals surface area contributed by atoms with Crippen molar-refractivity contribution in [3.8, 4) is 6.07 Å². The van der Waals surface area contributed by atoms with Gasteiger partial charge in [-0.05, 0) is 36.2 Å². The second-order valence-corrected chi connectivity index (χ2v) is 6.79. The van der Waals surface area contributed by atoms with Gasteiger partial charge in [0, 0.05) is 18.9 Å². The predicted molar refractivity (Wildman–Crippen MR) is 110 cm³/mol. The van der Waals surface area contributed by atoms with Crippen molar-refractivity contribution in [2.45, 2.75) is 18.5 Å². The Balaban J connectivity index is 1.46. The quantitative estimate of drug-likeness (QED) is 0.618. The molecule has 3 aromatic rings. The average molecular weight is 370 g/mol. The van der Waals surface area contributed by atoms with Gasteiger partial charge in [0.1, 0.15) is 0 Å². The molecule has 0 unspecified atom stereocenters. The molecule has 0 bridgehead atoms. The molecule has 0 aliphatic carbocycles. The summed E-state index contributed by atoms with van der Waals surface area (Å²) in [6.07, 6.45) is 4.29. The summed E-state index contributed by atoms with van der Waals surface area (Å²) in [6, 6.07) is 20.7. The molecule has 2 aromatic carbocycles. The van der Waals surface area contributed by atoms with Gasteiger partial charge in [0.25, 0.3) is 0 Å². The van der Waals surface area contributed by atoms with E-state index < -0.39 is 0 Å². The topological polar surface area (TPSA) is 85.7 Å². The van der Waals surface area contributed by atoms with Crippen molar-refractivity contribution in [2.24, 2.45) is 0 Å². The Labute approximate surface area is 164 Å². The van der Waals surface area contributed by atoms with Crippen LogP contribution in [0.2, 0.25) is 0 Å². The molecule has 2 atom stereocenters. The van der Waals surface area contributed by atoms with E-state index in [1.54, 1.807) is 12.4 Å². The number of nitrogens with one attached hydrogen (secondary N) is 3. The van der Waals surface area contributed by atoms with Gasteiger partial charge in [0.15, 0.2) is 11.6 Å². The lowest BCUT2D eigenvalue weighted by Crippen LogP contribution is -2.44. The number of hydrogen-bond donors (Lipinski definition) is 3. The van der Waals surface area contributed by atoms with Crippen LogP contribution in [-0.2, 0) is 6.42 Å². The third kappa shape index (κ3) is 4.11. The van der Waals surface area contributed by atoms with Crippen molar-refractivity contribution in [1.82, 2.24) is 15.3 Å². The fourth-order valence-corrected chi connectivity index (χ4v) is 3.48. The summed E-state index contributed by atoms with van der Waals surface area (Å²) < 4.78 is 0. The highest BCUT2D eigenvalue weighted by molar-refractivity contribution is 5.62. The first-order chi connectivity index (χ1) is 13.8. The zero-order chi connectivity index (χ0) is 19.2. The summed E-state index contributed by atoms with van der Waals surface area (Å²) in [5.74, 6) is 1.58. The van der Waals surface area contributed by atoms with Crippen molar-refractivity contribution in [1.29, 1.82) is 5.26 Å². The van der Waals surface area contributed by atoms with Gasteiger partial charge in [-0.25, -0.2) is 9.97 Å². The Kier molecular flexibility index (Phi) is 5.46. The first kappa shape index (κ1) is 18.0. The molecule has 3 N–H and O–H groups in total. The molecule has 2 heterocycles. The predicted octanol–water partition coefficient (Wildman–Crippen LogP) is 3.13. The van der Waals surface area contributed by atoms with Gasteiger partial charge in [-0.15, -0.1) is 0 Å². The Morgan fingerprint density at radius 2 is 1.79 bits per heavy atom. The molecule has 6 heteroatoms. The van der Waals surface area contributed by atoms with Crippen molar-refractivity contribution in [3.05, 3.63) is 83.7 Å². The minimum absolute atomic E-state index is 0.127. The second kappa shape index (κ2) is 8.51. The molecule has 1 aliphatic rings. The van der Waals surface area contributed by atoms with E-state index in [2.05, 4.69) is 56.3 Å². The van der Waals surface area contributed by atoms with Gasteiger partial charge in [0.05, 0.1) is 23.7 Å². The molecule has 6 nitrogen and oxygen atoms in total. The number of rotatable bonds is 6. The third-order valence-corrected chi connectivity index (χ3v) is 4.93. The standard InChI is InChI=1S/C22H22N6/c23-14-17-8-6-16(7-9-17)10-11-24-20(18-4-2-1-3-5-18)19-15-27-21-22(28-19)26-13-12-25-21/h1-9,12-13,19-20,24H,10-11,15H2,(H,25,27)(H,26,28)/t19-,20-/m0/s1. The van der Waals surface area contributed by atoms with Crippen LogP contribution in [0.15, 0.2) is 67.0 Å². The zero-order valence-electron chi connectivity index (χ0n) is 15.5. The van der Waals surface area contributed by atoms with E-state index in [1.807, 2.05) is 30.3 Å². The van der Waals surface area contributed by atoms with Gasteiger partial charge in [0.2, 0.25) is 0 Å². The number of nitrogens with zero attached hydrogens (tertiary/aromatic N) is 3. The van der Waals surface area contributed by atoms with E-state index in [9.17, 15) is 0 Å². The highest BCUT2D eigenvalue weighted by atomic mass is 15.2. The maximum absolute atomic E-state index is 8.93. The van der Waals surface area contributed by atoms with Gasteiger partial charge < -0.3 is 16.0 Å². The summed E-state index contributed by atoms with van der Waals surface area (Å²) in [5.41, 5.74) is 3.13. The zero-order valence-corrected chi connectivity index (χ0v) is 15.5. The molecule has 0 radical (unpaired) electrons. The normalized spacial score (nSPS) is 16.2. The summed E-state index contributed by atoms with van der Waals surface area (Å²) >= 11 is 0. The lowest BCUT2D eigenvalue weighted by molar-refractivity contribution is 0.471. The highest BCUT2D eigenvalue weighted by Crippen LogP contribution is 2.26. The summed E-state index contributed by atoms with van der Waals surface area (Å²) in [5, 5.41) is 19.5. The van der Waals surface area contributed by atoms with Gasteiger partial charge in [-0.1, -0.05) is 42.5 Å². The van der Waals surface area contributed by atoms with Gasteiger partial charge in [-0.2, -0.15) is 5.26 Å². The Bertz CT molecular complexity index is 949. The summed E-state index contributed by atoms with van der Waals surface area (Å²) in [4.78, 5) is 8.72. The van der Waals surface area contributed by atoms with E-state index in [0.717, 1.165) is 31.1 Å². The molecule has 0 amide bonds. The molecule has 0 fully saturated rings. The minimum atomic E-state index is 0.127. The molecule has 140 valence electrons. The summed E-state index contributed by atoms with van der Waals surface area (Å²) in [7, 11) is 0. The monoisotopic (exact) mass is 370 g/mol. The van der Waals surface area contributed by atoms with Crippen LogP contribution < -0.4 is 16.0 Å². The van der Waals surface area contributed by atoms with E-state index in [-0.39, 0.29) is 12.1 Å². The number of nitriles is 1. The lowest BCUT2D eigenvalue weighted by atomic mass is 9.97. The van der Waals surface area contributed by atoms with Crippen molar-refractivity contribution < 1.29 is 0 Å². The first-order valence-electron chi connectivity index (χ1n) is 9.42. The Hall–Kier alpha value is -3.43. The summed E-state index contributed by atoms with van der Waals surface area (Å²) in [6.45, 7) is 1.59. The lowest BCUT2D eigenvalue weighted by Gasteiger charge is -2.33. The number of aromatic nitrogens is 2. The molecule has 0 saturated heterocycles. The van der Waals surface area contributed by atoms with Crippen molar-refractivity contribution in [2.75, 3.05) is 23.7 Å². The van der Waals surface area contributed by atoms with Crippen LogP contribution in [0.25, 0.3) is 0 Å². The SMILES string of the molecule is N#Cc1ccc(CCN[C@@H](c2ccccc2)[C@@H]2CNc3nccnc3N2)cc1. The maximum Gasteiger partial charge on any atom is 0.169 e. The van der Waals surface area contributed by atoms with Gasteiger partial charge in [-0.3, -0.25) is 0 Å². The van der Waals surface area contributed by atoms with E-state index in [0.29, 0.717) is 5.56 Å². The van der Waals surface area contributed by atoms with Crippen LogP contribution in [0.5, 0.6) is 0 Å². The number of anilines is 2. The molecular formula is C22H22N6. The smallest absolute Gasteiger partial charge is 0.169 e. The van der Waals surface area contributed by atoms with Crippen molar-refractivity contribution in [3.63, 3.8) is 0 Å². The molecule has 0 spiro atoms. The second-order valence-electron chi connectivity index (χ2n) is 6.79. The molecule has 4 rings (SSSR count). The molecular weight excluding hydrogens is 348 g/mol. The number of fused-ring (bicyclic) bond motifs is 1. The largest absolute Gasteiger partial charge is 0.365 e. The third-order valence-electron chi connectivity index (χ3n) is 4.93. The molecule has 1 aliphatic heterocycles. The van der Waals surface area contributed by atoms with Crippen LogP contribution in [0, 0.1) is 11.3 Å². The maximum atomic E-state index is 8.93. The molecule has 1 aromatic heterocycles. The van der Waals surface area contributed by atoms with Crippen LogP contribution in [-0.4, -0.2) is 29.1 Å². The van der Waals surface area contributed by atoms with E-state index in [1.165, 1.54) is 11.1 Å². The van der Waals surface area contributed by atoms with Crippen LogP contribution >= 0.6 is 0 Å². The van der Waals surface area contributed by atoms with E-state index in [4.69, 9.17) is 5.26 Å². The Morgan fingerprint density at radius 1 is 1.04 bits per heavy atom. The van der Waals surface area contributed by atoms with Crippen molar-refractivity contribution >= 4 is 11.6 Å². The minimum Gasteiger partial charge on any atom is -0.365 e. The average Bonchev–Trinajstić information content (AvgIpc) is 2.77. The first-order valence-corrected chi connectivity index (χ1v) is 9.42. The van der Waals surface area contributed by atoms with Gasteiger partial charge >= 0.3 is 0 Å². The number of benzene rings is 2. The van der Waals surface area contributed by atoms with E-state index >= 15 is 0 Å². The van der Waals surface area contributed by atoms with Crippen LogP contribution in [0.1, 0.15) is 22.7 Å². The fourth-order valence-electron chi connectivity index (χ4n) is 3.48. The highest BCUT2D eigenvalue weighted by Gasteiger charge is 2.27.